The number of aromatic amines is 1. The molecule has 8 nitrogen and oxygen atoms in total. The first kappa shape index (κ1) is 26.3. The van der Waals surface area contributed by atoms with Crippen molar-refractivity contribution < 1.29 is 0 Å². The lowest BCUT2D eigenvalue weighted by molar-refractivity contribution is 0.242. The van der Waals surface area contributed by atoms with Gasteiger partial charge < -0.3 is 0 Å². The molecule has 3 heterocycles. The van der Waals surface area contributed by atoms with Gasteiger partial charge in [-0.3, -0.25) is 14.1 Å². The molecule has 1 aliphatic carbocycles. The lowest BCUT2D eigenvalue weighted by Gasteiger charge is -2.32. The van der Waals surface area contributed by atoms with Gasteiger partial charge in [-0.1, -0.05) is 64.8 Å². The van der Waals surface area contributed by atoms with E-state index in [1.807, 2.05) is 24.5 Å². The molecule has 0 spiro atoms. The fraction of sp³-hybridized carbons (Fsp3) is 0.567. The van der Waals surface area contributed by atoms with E-state index in [-0.39, 0.29) is 17.1 Å². The number of nitrogens with zero attached hydrogens (tertiary/aromatic N) is 6. The van der Waals surface area contributed by atoms with Crippen LogP contribution in [0.1, 0.15) is 83.5 Å². The number of hydrogen-bond donors (Lipinski definition) is 1. The van der Waals surface area contributed by atoms with Crippen molar-refractivity contribution in [2.75, 3.05) is 0 Å². The van der Waals surface area contributed by atoms with Crippen molar-refractivity contribution in [1.82, 2.24) is 29.8 Å². The Morgan fingerprint density at radius 3 is 2.76 bits per heavy atom. The Balaban J connectivity index is 1.59. The maximum atomic E-state index is 14.3. The van der Waals surface area contributed by atoms with E-state index in [0.29, 0.717) is 30.1 Å². The number of nitrogens with one attached hydrogen (secondary N) is 1. The third-order valence-corrected chi connectivity index (χ3v) is 8.90. The van der Waals surface area contributed by atoms with Crippen LogP contribution in [0.25, 0.3) is 11.4 Å². The smallest absolute Gasteiger partial charge is 0.295 e. The van der Waals surface area contributed by atoms with Crippen LogP contribution >= 0.6 is 0 Å². The van der Waals surface area contributed by atoms with Crippen LogP contribution in [0.4, 0.5) is 0 Å². The predicted octanol–water partition coefficient (Wildman–Crippen LogP) is 5.73. The van der Waals surface area contributed by atoms with Crippen molar-refractivity contribution in [3.8, 4) is 11.4 Å². The summed E-state index contributed by atoms with van der Waals surface area (Å²) >= 11 is 0. The van der Waals surface area contributed by atoms with E-state index in [1.165, 1.54) is 12.8 Å². The Morgan fingerprint density at radius 2 is 2.08 bits per heavy atom. The Labute approximate surface area is 225 Å². The number of hydrogen-bond acceptors (Lipinski definition) is 5. The van der Waals surface area contributed by atoms with Gasteiger partial charge in [-0.05, 0) is 71.9 Å². The monoisotopic (exact) mass is 515 g/mol. The second-order valence-corrected chi connectivity index (χ2v) is 11.5. The highest BCUT2D eigenvalue weighted by molar-refractivity contribution is 5.65. The van der Waals surface area contributed by atoms with Gasteiger partial charge in [0.1, 0.15) is 0 Å². The van der Waals surface area contributed by atoms with Gasteiger partial charge in [0.05, 0.1) is 0 Å². The number of allylic oxidation sites excluding steroid dienone is 1. The van der Waals surface area contributed by atoms with E-state index >= 15 is 0 Å². The molecule has 0 radical (unpaired) electrons. The first-order valence-corrected chi connectivity index (χ1v) is 14.3. The van der Waals surface area contributed by atoms with Gasteiger partial charge in [-0.25, -0.2) is 9.89 Å². The normalized spacial score (nSPS) is 25.0. The molecule has 0 amide bonds. The molecule has 3 aromatic rings. The minimum atomic E-state index is -0.389. The second-order valence-electron chi connectivity index (χ2n) is 11.5. The third-order valence-electron chi connectivity index (χ3n) is 8.90. The van der Waals surface area contributed by atoms with E-state index in [9.17, 15) is 4.79 Å². The Kier molecular flexibility index (Phi) is 7.77. The molecule has 4 atom stereocenters. The van der Waals surface area contributed by atoms with Crippen molar-refractivity contribution in [3.05, 3.63) is 64.5 Å². The molecule has 2 aliphatic rings. The Hall–Kier alpha value is -3.29. The number of aliphatic imine (C=N–C) groups is 1. The number of aromatic nitrogens is 6. The van der Waals surface area contributed by atoms with Crippen molar-refractivity contribution in [3.63, 3.8) is 0 Å². The summed E-state index contributed by atoms with van der Waals surface area (Å²) in [5.74, 6) is 2.28. The SMILES string of the molecule is CCCCc1cn(C2C(CC)CCC2C(C)C)c(=O)n1CC1(c2cccc(-c3nnn[nH]3)c2)C=CN=CC1. The lowest BCUT2D eigenvalue weighted by Crippen LogP contribution is -2.39. The number of unbranched alkanes of at least 4 members (excludes halogenated alkanes) is 1. The predicted molar refractivity (Wildman–Crippen MR) is 151 cm³/mol. The number of rotatable bonds is 10. The van der Waals surface area contributed by atoms with E-state index in [2.05, 4.69) is 86.9 Å². The fourth-order valence-electron chi connectivity index (χ4n) is 6.68. The van der Waals surface area contributed by atoms with E-state index < -0.39 is 0 Å². The Bertz CT molecular complexity index is 1330. The molecule has 1 N–H and O–H groups in total. The van der Waals surface area contributed by atoms with Gasteiger partial charge in [-0.15, -0.1) is 5.10 Å². The summed E-state index contributed by atoms with van der Waals surface area (Å²) in [6.07, 6.45) is 15.5. The zero-order valence-electron chi connectivity index (χ0n) is 23.2. The maximum Gasteiger partial charge on any atom is 0.328 e. The summed E-state index contributed by atoms with van der Waals surface area (Å²) in [6.45, 7) is 9.69. The highest BCUT2D eigenvalue weighted by Gasteiger charge is 2.40. The highest BCUT2D eigenvalue weighted by Crippen LogP contribution is 2.45. The van der Waals surface area contributed by atoms with Gasteiger partial charge in [0, 0.05) is 47.9 Å². The first-order chi connectivity index (χ1) is 18.5. The fourth-order valence-corrected chi connectivity index (χ4v) is 6.68. The van der Waals surface area contributed by atoms with Crippen LogP contribution < -0.4 is 5.69 Å². The summed E-state index contributed by atoms with van der Waals surface area (Å²) in [5.41, 5.74) is 2.95. The van der Waals surface area contributed by atoms with Crippen LogP contribution in [0.3, 0.4) is 0 Å². The van der Waals surface area contributed by atoms with E-state index in [1.54, 1.807) is 0 Å². The molecule has 1 aliphatic heterocycles. The van der Waals surface area contributed by atoms with E-state index in [0.717, 1.165) is 48.9 Å². The van der Waals surface area contributed by atoms with Crippen LogP contribution in [0, 0.1) is 17.8 Å². The van der Waals surface area contributed by atoms with Crippen molar-refractivity contribution in [1.29, 1.82) is 0 Å². The van der Waals surface area contributed by atoms with Gasteiger partial charge in [0.25, 0.3) is 0 Å². The van der Waals surface area contributed by atoms with Crippen LogP contribution in [-0.2, 0) is 18.4 Å². The summed E-state index contributed by atoms with van der Waals surface area (Å²) in [4.78, 5) is 18.7. The Morgan fingerprint density at radius 1 is 1.21 bits per heavy atom. The van der Waals surface area contributed by atoms with Gasteiger partial charge in [-0.2, -0.15) is 0 Å². The van der Waals surface area contributed by atoms with Gasteiger partial charge >= 0.3 is 5.69 Å². The molecule has 4 unspecified atom stereocenters. The number of H-pyrrole nitrogens is 1. The topological polar surface area (TPSA) is 93.7 Å². The maximum absolute atomic E-state index is 14.3. The van der Waals surface area contributed by atoms with Crippen LogP contribution in [0.2, 0.25) is 0 Å². The molecule has 38 heavy (non-hydrogen) atoms. The number of tetrazole rings is 1. The summed E-state index contributed by atoms with van der Waals surface area (Å²) in [7, 11) is 0. The highest BCUT2D eigenvalue weighted by atomic mass is 16.1. The number of aryl methyl sites for hydroxylation is 1. The number of benzene rings is 1. The second kappa shape index (κ2) is 11.2. The summed E-state index contributed by atoms with van der Waals surface area (Å²) in [6, 6.07) is 8.60. The number of imidazole rings is 1. The zero-order chi connectivity index (χ0) is 26.7. The first-order valence-electron chi connectivity index (χ1n) is 14.3. The molecule has 1 fully saturated rings. The largest absolute Gasteiger partial charge is 0.328 e. The minimum absolute atomic E-state index is 0.137. The molecule has 1 saturated carbocycles. The molecule has 202 valence electrons. The summed E-state index contributed by atoms with van der Waals surface area (Å²) < 4.78 is 4.20. The van der Waals surface area contributed by atoms with E-state index in [4.69, 9.17) is 0 Å². The molecule has 0 bridgehead atoms. The molecule has 1 aromatic carbocycles. The molecule has 0 saturated heterocycles. The standard InChI is InChI=1S/C30H41N7O/c1-5-7-11-25-19-36(27-22(6-2)12-13-26(27)21(3)4)29(38)37(25)20-30(14-16-31-17-15-30)24-10-8-9-23(18-24)28-32-34-35-33-28/h8-10,14,16-19,21-22,26-27H,5-7,11-13,15,20H2,1-4H3,(H,32,33,34,35). The summed E-state index contributed by atoms with van der Waals surface area (Å²) in [5, 5.41) is 14.5. The van der Waals surface area contributed by atoms with Crippen LogP contribution in [0.15, 0.2) is 52.5 Å². The third kappa shape index (κ3) is 4.93. The van der Waals surface area contributed by atoms with Gasteiger partial charge in [0.15, 0.2) is 5.82 Å². The average Bonchev–Trinajstić information content (AvgIpc) is 3.68. The van der Waals surface area contributed by atoms with Crippen LogP contribution in [0.5, 0.6) is 0 Å². The average molecular weight is 516 g/mol. The molecule has 5 rings (SSSR count). The minimum Gasteiger partial charge on any atom is -0.295 e. The van der Waals surface area contributed by atoms with Crippen molar-refractivity contribution in [2.45, 2.75) is 90.6 Å². The molecule has 8 heteroatoms. The molecular weight excluding hydrogens is 474 g/mol. The molecule has 2 aromatic heterocycles. The van der Waals surface area contributed by atoms with Crippen molar-refractivity contribution >= 4 is 6.21 Å². The lowest BCUT2D eigenvalue weighted by atomic mass is 9.76. The molecular formula is C30H41N7O. The quantitative estimate of drug-likeness (QED) is 0.373. The van der Waals surface area contributed by atoms with Crippen molar-refractivity contribution in [2.24, 2.45) is 22.7 Å². The van der Waals surface area contributed by atoms with Crippen LogP contribution in [-0.4, -0.2) is 36.0 Å². The van der Waals surface area contributed by atoms with Gasteiger partial charge in [0.2, 0.25) is 0 Å². The zero-order valence-corrected chi connectivity index (χ0v) is 23.2.